The third-order valence-electron chi connectivity index (χ3n) is 5.33. The summed E-state index contributed by atoms with van der Waals surface area (Å²) < 4.78 is 5.24. The highest BCUT2D eigenvalue weighted by molar-refractivity contribution is 5.94. The van der Waals surface area contributed by atoms with Gasteiger partial charge in [0, 0.05) is 49.2 Å². The number of ether oxygens (including phenoxy) is 1. The predicted octanol–water partition coefficient (Wildman–Crippen LogP) is 3.81. The van der Waals surface area contributed by atoms with E-state index in [2.05, 4.69) is 34.3 Å². The Kier molecular flexibility index (Phi) is 6.02. The molecule has 7 heteroatoms. The summed E-state index contributed by atoms with van der Waals surface area (Å²) >= 11 is 0. The number of methoxy groups -OCH3 is 1. The summed E-state index contributed by atoms with van der Waals surface area (Å²) in [7, 11) is 1.60. The number of hydrogen-bond acceptors (Lipinski definition) is 6. The number of benzene rings is 2. The van der Waals surface area contributed by atoms with Crippen molar-refractivity contribution in [2.45, 2.75) is 13.8 Å². The Morgan fingerprint density at radius 1 is 0.968 bits per heavy atom. The summed E-state index contributed by atoms with van der Waals surface area (Å²) in [6.45, 7) is 6.64. The van der Waals surface area contributed by atoms with Crippen LogP contribution in [-0.4, -0.2) is 54.1 Å². The van der Waals surface area contributed by atoms with Crippen molar-refractivity contribution in [3.05, 3.63) is 71.4 Å². The topological polar surface area (TPSA) is 70.6 Å². The van der Waals surface area contributed by atoms with Gasteiger partial charge in [0.1, 0.15) is 11.6 Å². The van der Waals surface area contributed by atoms with Gasteiger partial charge in [0.05, 0.1) is 7.11 Å². The van der Waals surface area contributed by atoms with E-state index >= 15 is 0 Å². The molecular weight excluding hydrogens is 390 g/mol. The second kappa shape index (κ2) is 9.04. The lowest BCUT2D eigenvalue weighted by Crippen LogP contribution is -2.49. The van der Waals surface area contributed by atoms with Crippen LogP contribution in [0, 0.1) is 13.8 Å². The Morgan fingerprint density at radius 2 is 1.71 bits per heavy atom. The van der Waals surface area contributed by atoms with E-state index < -0.39 is 0 Å². The van der Waals surface area contributed by atoms with Crippen molar-refractivity contribution in [2.75, 3.05) is 43.5 Å². The Labute approximate surface area is 182 Å². The molecule has 1 saturated heterocycles. The van der Waals surface area contributed by atoms with Crippen LogP contribution in [0.25, 0.3) is 0 Å². The zero-order chi connectivity index (χ0) is 21.8. The fourth-order valence-corrected chi connectivity index (χ4v) is 3.59. The molecule has 7 nitrogen and oxygen atoms in total. The molecule has 0 aliphatic carbocycles. The molecule has 1 fully saturated rings. The van der Waals surface area contributed by atoms with Crippen molar-refractivity contribution in [3.8, 4) is 5.75 Å². The molecule has 1 aromatic heterocycles. The van der Waals surface area contributed by atoms with Crippen LogP contribution in [0.3, 0.4) is 0 Å². The van der Waals surface area contributed by atoms with Crippen molar-refractivity contribution in [1.29, 1.82) is 0 Å². The van der Waals surface area contributed by atoms with Gasteiger partial charge in [-0.2, -0.15) is 4.98 Å². The first-order chi connectivity index (χ1) is 15.0. The maximum absolute atomic E-state index is 12.9. The Balaban J connectivity index is 1.43. The number of anilines is 3. The minimum absolute atomic E-state index is 0.0189. The molecule has 0 unspecified atom stereocenters. The highest BCUT2D eigenvalue weighted by Gasteiger charge is 2.24. The number of amides is 1. The van der Waals surface area contributed by atoms with Crippen LogP contribution >= 0.6 is 0 Å². The smallest absolute Gasteiger partial charge is 0.254 e. The van der Waals surface area contributed by atoms with Gasteiger partial charge in [0.15, 0.2) is 0 Å². The van der Waals surface area contributed by atoms with E-state index in [-0.39, 0.29) is 5.91 Å². The van der Waals surface area contributed by atoms with Gasteiger partial charge < -0.3 is 19.9 Å². The molecule has 3 aromatic rings. The molecule has 0 bridgehead atoms. The van der Waals surface area contributed by atoms with Crippen LogP contribution < -0.4 is 15.0 Å². The zero-order valence-electron chi connectivity index (χ0n) is 18.1. The number of piperazine rings is 1. The molecule has 1 amide bonds. The monoisotopic (exact) mass is 417 g/mol. The van der Waals surface area contributed by atoms with Crippen molar-refractivity contribution in [3.63, 3.8) is 0 Å². The quantitative estimate of drug-likeness (QED) is 0.681. The molecule has 1 aliphatic heterocycles. The highest BCUT2D eigenvalue weighted by atomic mass is 16.5. The van der Waals surface area contributed by atoms with Gasteiger partial charge in [-0.25, -0.2) is 4.98 Å². The normalized spacial score (nSPS) is 13.8. The summed E-state index contributed by atoms with van der Waals surface area (Å²) in [6, 6.07) is 17.4. The number of nitrogens with one attached hydrogen (secondary N) is 1. The Hall–Kier alpha value is -3.61. The molecule has 2 aromatic carbocycles. The van der Waals surface area contributed by atoms with Crippen LogP contribution in [0.5, 0.6) is 5.75 Å². The fourth-order valence-electron chi connectivity index (χ4n) is 3.59. The molecule has 2 heterocycles. The van der Waals surface area contributed by atoms with Crippen molar-refractivity contribution in [1.82, 2.24) is 14.9 Å². The molecule has 1 aliphatic rings. The molecule has 0 spiro atoms. The maximum atomic E-state index is 12.9. The van der Waals surface area contributed by atoms with E-state index in [1.165, 1.54) is 5.56 Å². The van der Waals surface area contributed by atoms with E-state index in [0.29, 0.717) is 43.4 Å². The second-order valence-electron chi connectivity index (χ2n) is 7.70. The maximum Gasteiger partial charge on any atom is 0.254 e. The van der Waals surface area contributed by atoms with Crippen LogP contribution in [0.15, 0.2) is 54.6 Å². The second-order valence-corrected chi connectivity index (χ2v) is 7.70. The highest BCUT2D eigenvalue weighted by Crippen LogP contribution is 2.21. The van der Waals surface area contributed by atoms with Gasteiger partial charge in [-0.05, 0) is 44.2 Å². The molecule has 0 saturated carbocycles. The zero-order valence-corrected chi connectivity index (χ0v) is 18.1. The minimum Gasteiger partial charge on any atom is -0.497 e. The van der Waals surface area contributed by atoms with Crippen molar-refractivity contribution < 1.29 is 9.53 Å². The van der Waals surface area contributed by atoms with Gasteiger partial charge in [0.25, 0.3) is 5.91 Å². The first-order valence-electron chi connectivity index (χ1n) is 10.4. The number of hydrogen-bond donors (Lipinski definition) is 1. The number of aromatic nitrogens is 2. The summed E-state index contributed by atoms with van der Waals surface area (Å²) in [6.07, 6.45) is 0. The summed E-state index contributed by atoms with van der Waals surface area (Å²) in [5.74, 6) is 2.15. The van der Waals surface area contributed by atoms with E-state index in [9.17, 15) is 4.79 Å². The lowest BCUT2D eigenvalue weighted by molar-refractivity contribution is 0.0746. The molecule has 1 N–H and O–H groups in total. The van der Waals surface area contributed by atoms with Crippen molar-refractivity contribution in [2.24, 2.45) is 0 Å². The van der Waals surface area contributed by atoms with E-state index in [1.807, 2.05) is 48.2 Å². The van der Waals surface area contributed by atoms with Crippen LogP contribution in [0.4, 0.5) is 17.5 Å². The van der Waals surface area contributed by atoms with Crippen LogP contribution in [0.2, 0.25) is 0 Å². The largest absolute Gasteiger partial charge is 0.497 e. The lowest BCUT2D eigenvalue weighted by atomic mass is 10.1. The van der Waals surface area contributed by atoms with Gasteiger partial charge >= 0.3 is 0 Å². The molecule has 4 rings (SSSR count). The van der Waals surface area contributed by atoms with E-state index in [0.717, 1.165) is 17.2 Å². The number of carbonyl (C=O) groups is 1. The fraction of sp³-hybridized carbons (Fsp3) is 0.292. The Bertz CT molecular complexity index is 1060. The van der Waals surface area contributed by atoms with E-state index in [4.69, 9.17) is 9.72 Å². The standard InChI is InChI=1S/C24H27N5O2/c1-17-7-9-20(10-8-17)26-22-15-18(2)25-24(27-22)29-13-11-28(12-14-29)23(30)19-5-4-6-21(16-19)31-3/h4-10,15-16H,11-14H2,1-3H3,(H,25,26,27). The average molecular weight is 418 g/mol. The number of nitrogens with zero attached hydrogens (tertiary/aromatic N) is 4. The lowest BCUT2D eigenvalue weighted by Gasteiger charge is -2.35. The molecule has 31 heavy (non-hydrogen) atoms. The third-order valence-corrected chi connectivity index (χ3v) is 5.33. The summed E-state index contributed by atoms with van der Waals surface area (Å²) in [4.78, 5) is 26.2. The van der Waals surface area contributed by atoms with Crippen molar-refractivity contribution >= 4 is 23.4 Å². The van der Waals surface area contributed by atoms with Gasteiger partial charge in [-0.3, -0.25) is 4.79 Å². The predicted molar refractivity (Wildman–Crippen MR) is 122 cm³/mol. The number of aryl methyl sites for hydroxylation is 2. The van der Waals surface area contributed by atoms with Gasteiger partial charge in [-0.15, -0.1) is 0 Å². The Morgan fingerprint density at radius 3 is 2.42 bits per heavy atom. The van der Waals surface area contributed by atoms with Gasteiger partial charge in [-0.1, -0.05) is 23.8 Å². The average Bonchev–Trinajstić information content (AvgIpc) is 2.80. The SMILES string of the molecule is COc1cccc(C(=O)N2CCN(c3nc(C)cc(Nc4ccc(C)cc4)n3)CC2)c1. The molecule has 160 valence electrons. The minimum atomic E-state index is 0.0189. The summed E-state index contributed by atoms with van der Waals surface area (Å²) in [5.41, 5.74) is 3.74. The van der Waals surface area contributed by atoms with Crippen LogP contribution in [-0.2, 0) is 0 Å². The summed E-state index contributed by atoms with van der Waals surface area (Å²) in [5, 5.41) is 3.36. The van der Waals surface area contributed by atoms with Crippen LogP contribution in [0.1, 0.15) is 21.6 Å². The first kappa shape index (κ1) is 20.7. The molecule has 0 atom stereocenters. The first-order valence-corrected chi connectivity index (χ1v) is 10.4. The molecule has 0 radical (unpaired) electrons. The number of rotatable bonds is 5. The number of carbonyl (C=O) groups excluding carboxylic acids is 1. The van der Waals surface area contributed by atoms with E-state index in [1.54, 1.807) is 13.2 Å². The third kappa shape index (κ3) is 4.94. The van der Waals surface area contributed by atoms with Gasteiger partial charge in [0.2, 0.25) is 5.95 Å². The molecular formula is C24H27N5O2.